The molecule has 120 valence electrons. The summed E-state index contributed by atoms with van der Waals surface area (Å²) in [4.78, 5) is 3.35. The molecule has 5 atom stereocenters. The lowest BCUT2D eigenvalue weighted by atomic mass is 9.98. The van der Waals surface area contributed by atoms with Crippen LogP contribution in [0.1, 0.15) is 0 Å². The number of aliphatic hydroxyl groups excluding tert-OH is 3. The number of aliphatic hydroxyl groups is 3. The van der Waals surface area contributed by atoms with Crippen molar-refractivity contribution in [2.45, 2.75) is 34.7 Å². The van der Waals surface area contributed by atoms with Crippen LogP contribution in [0.3, 0.4) is 0 Å². The molecule has 2 rings (SSSR count). The number of halogens is 2. The fourth-order valence-corrected chi connectivity index (χ4v) is 3.64. The summed E-state index contributed by atoms with van der Waals surface area (Å²) in [7, 11) is 0. The number of nitrogens with zero attached hydrogens (tertiary/aromatic N) is 3. The first-order valence-electron chi connectivity index (χ1n) is 6.26. The average Bonchev–Trinajstić information content (AvgIpc) is 2.50. The van der Waals surface area contributed by atoms with Gasteiger partial charge in [-0.25, -0.2) is 0 Å². The van der Waals surface area contributed by atoms with Crippen molar-refractivity contribution in [1.29, 1.82) is 0 Å². The molecule has 0 spiro atoms. The van der Waals surface area contributed by atoms with Crippen LogP contribution >= 0.6 is 39.3 Å². The molecule has 2 unspecified atom stereocenters. The van der Waals surface area contributed by atoms with E-state index in [9.17, 15) is 15.3 Å². The Morgan fingerprint density at radius 1 is 1.41 bits per heavy atom. The standard InChI is InChI=1S/C12H13BrClN3O4S/c13-6-2-1-5(3-7(6)14)22-12-11(20)9(16-17-15)10(19)8(4-18)21-12/h1-3,8-12,18-20H,4H2/t8?,9-,10-,11?,12+/m0/s1. The molecule has 1 aliphatic rings. The van der Waals surface area contributed by atoms with Gasteiger partial charge in [-0.2, -0.15) is 0 Å². The fourth-order valence-electron chi connectivity index (χ4n) is 2.05. The van der Waals surface area contributed by atoms with Gasteiger partial charge in [-0.15, -0.1) is 0 Å². The topological polar surface area (TPSA) is 119 Å². The van der Waals surface area contributed by atoms with Crippen molar-refractivity contribution in [3.8, 4) is 0 Å². The summed E-state index contributed by atoms with van der Waals surface area (Å²) in [5.74, 6) is 0. The van der Waals surface area contributed by atoms with Crippen molar-refractivity contribution >= 4 is 39.3 Å². The fraction of sp³-hybridized carbons (Fsp3) is 0.500. The third-order valence-corrected chi connectivity index (χ3v) is 5.56. The number of ether oxygens (including phenoxy) is 1. The van der Waals surface area contributed by atoms with Crippen molar-refractivity contribution in [2.75, 3.05) is 6.61 Å². The van der Waals surface area contributed by atoms with Crippen LogP contribution in [-0.4, -0.2) is 51.7 Å². The van der Waals surface area contributed by atoms with Crippen LogP contribution in [0.5, 0.6) is 0 Å². The number of azide groups is 1. The summed E-state index contributed by atoms with van der Waals surface area (Å²) in [5.41, 5.74) is 7.75. The van der Waals surface area contributed by atoms with E-state index in [0.29, 0.717) is 5.02 Å². The van der Waals surface area contributed by atoms with Gasteiger partial charge in [0.05, 0.1) is 23.8 Å². The van der Waals surface area contributed by atoms with Gasteiger partial charge >= 0.3 is 0 Å². The lowest BCUT2D eigenvalue weighted by molar-refractivity contribution is -0.159. The molecule has 0 saturated carbocycles. The molecule has 0 radical (unpaired) electrons. The predicted molar refractivity (Wildman–Crippen MR) is 85.7 cm³/mol. The summed E-state index contributed by atoms with van der Waals surface area (Å²) in [5, 5.41) is 33.4. The van der Waals surface area contributed by atoms with E-state index >= 15 is 0 Å². The van der Waals surface area contributed by atoms with Crippen LogP contribution in [0, 0.1) is 0 Å². The number of hydrogen-bond donors (Lipinski definition) is 3. The summed E-state index contributed by atoms with van der Waals surface area (Å²) in [6, 6.07) is 4.12. The van der Waals surface area contributed by atoms with Crippen molar-refractivity contribution in [1.82, 2.24) is 0 Å². The largest absolute Gasteiger partial charge is 0.394 e. The summed E-state index contributed by atoms with van der Waals surface area (Å²) >= 11 is 10.5. The molecule has 10 heteroatoms. The minimum atomic E-state index is -1.28. The minimum absolute atomic E-state index is 0.455. The zero-order chi connectivity index (χ0) is 16.3. The first kappa shape index (κ1) is 17.8. The third-order valence-electron chi connectivity index (χ3n) is 3.18. The molecular formula is C12H13BrClN3O4S. The highest BCUT2D eigenvalue weighted by Gasteiger charge is 2.44. The van der Waals surface area contributed by atoms with Gasteiger partial charge in [-0.05, 0) is 39.7 Å². The van der Waals surface area contributed by atoms with Crippen LogP contribution in [0.4, 0.5) is 0 Å². The SMILES string of the molecule is [N-]=[N+]=N[C@@H]1C(O)[C@@H](Sc2ccc(Br)c(Cl)c2)OC(CO)[C@@H]1O. The second-order valence-corrected chi connectivity index (χ2v) is 7.03. The Morgan fingerprint density at radius 2 is 2.14 bits per heavy atom. The molecule has 1 fully saturated rings. The summed E-state index contributed by atoms with van der Waals surface area (Å²) in [6.45, 7) is -0.455. The molecule has 0 aromatic heterocycles. The molecule has 1 aliphatic heterocycles. The lowest BCUT2D eigenvalue weighted by Crippen LogP contribution is -2.56. The van der Waals surface area contributed by atoms with E-state index < -0.39 is 36.4 Å². The number of thioether (sulfide) groups is 1. The van der Waals surface area contributed by atoms with Crippen molar-refractivity contribution < 1.29 is 20.1 Å². The van der Waals surface area contributed by atoms with Gasteiger partial charge in [-0.3, -0.25) is 0 Å². The van der Waals surface area contributed by atoms with Crippen LogP contribution < -0.4 is 0 Å². The normalized spacial score (nSPS) is 31.6. The molecule has 0 bridgehead atoms. The average molecular weight is 411 g/mol. The Labute approximate surface area is 144 Å². The number of benzene rings is 1. The molecule has 1 aromatic carbocycles. The summed E-state index contributed by atoms with van der Waals surface area (Å²) < 4.78 is 6.22. The van der Waals surface area contributed by atoms with Crippen molar-refractivity contribution in [3.05, 3.63) is 38.1 Å². The van der Waals surface area contributed by atoms with E-state index in [4.69, 9.17) is 21.9 Å². The van der Waals surface area contributed by atoms with Gasteiger partial charge < -0.3 is 20.1 Å². The Bertz CT molecular complexity index is 589. The Hall–Kier alpha value is -0.510. The molecule has 7 nitrogen and oxygen atoms in total. The molecular weight excluding hydrogens is 398 g/mol. The van der Waals surface area contributed by atoms with E-state index in [-0.39, 0.29) is 0 Å². The second-order valence-electron chi connectivity index (χ2n) is 4.60. The van der Waals surface area contributed by atoms with Crippen molar-refractivity contribution in [2.24, 2.45) is 5.11 Å². The van der Waals surface area contributed by atoms with Gasteiger partial charge in [0.25, 0.3) is 0 Å². The first-order chi connectivity index (χ1) is 10.5. The molecule has 1 aromatic rings. The lowest BCUT2D eigenvalue weighted by Gasteiger charge is -2.40. The van der Waals surface area contributed by atoms with Crippen LogP contribution in [0.15, 0.2) is 32.7 Å². The molecule has 3 N–H and O–H groups in total. The first-order valence-corrected chi connectivity index (χ1v) is 8.31. The predicted octanol–water partition coefficient (Wildman–Crippen LogP) is 2.31. The Kier molecular flexibility index (Phi) is 6.36. The van der Waals surface area contributed by atoms with Gasteiger partial charge in [0.15, 0.2) is 0 Å². The minimum Gasteiger partial charge on any atom is -0.394 e. The highest BCUT2D eigenvalue weighted by molar-refractivity contribution is 9.10. The third kappa shape index (κ3) is 3.87. The van der Waals surface area contributed by atoms with E-state index in [2.05, 4.69) is 26.0 Å². The molecule has 0 aliphatic carbocycles. The zero-order valence-corrected chi connectivity index (χ0v) is 14.2. The monoisotopic (exact) mass is 409 g/mol. The highest BCUT2D eigenvalue weighted by atomic mass is 79.9. The maximum absolute atomic E-state index is 10.2. The molecule has 1 heterocycles. The van der Waals surface area contributed by atoms with E-state index in [1.165, 1.54) is 0 Å². The molecule has 1 saturated heterocycles. The summed E-state index contributed by atoms with van der Waals surface area (Å²) in [6.07, 6.45) is -3.44. The molecule has 22 heavy (non-hydrogen) atoms. The quantitative estimate of drug-likeness (QED) is 0.400. The number of hydrogen-bond acceptors (Lipinski definition) is 6. The van der Waals surface area contributed by atoms with Gasteiger partial charge in [0, 0.05) is 14.3 Å². The van der Waals surface area contributed by atoms with Crippen LogP contribution in [0.25, 0.3) is 10.4 Å². The number of rotatable bonds is 4. The van der Waals surface area contributed by atoms with Crippen molar-refractivity contribution in [3.63, 3.8) is 0 Å². The highest BCUT2D eigenvalue weighted by Crippen LogP contribution is 2.36. The van der Waals surface area contributed by atoms with Gasteiger partial charge in [0.2, 0.25) is 0 Å². The Morgan fingerprint density at radius 3 is 2.73 bits per heavy atom. The smallest absolute Gasteiger partial charge is 0.134 e. The zero-order valence-electron chi connectivity index (χ0n) is 11.1. The van der Waals surface area contributed by atoms with Gasteiger partial charge in [0.1, 0.15) is 17.6 Å². The van der Waals surface area contributed by atoms with E-state index in [1.54, 1.807) is 18.2 Å². The van der Waals surface area contributed by atoms with E-state index in [1.807, 2.05) is 0 Å². The maximum Gasteiger partial charge on any atom is 0.134 e. The van der Waals surface area contributed by atoms with Crippen LogP contribution in [0.2, 0.25) is 5.02 Å². The van der Waals surface area contributed by atoms with Crippen LogP contribution in [-0.2, 0) is 4.74 Å². The maximum atomic E-state index is 10.2. The Balaban J connectivity index is 2.21. The van der Waals surface area contributed by atoms with E-state index in [0.717, 1.165) is 21.1 Å². The second kappa shape index (κ2) is 7.85. The van der Waals surface area contributed by atoms with Gasteiger partial charge in [-0.1, -0.05) is 28.5 Å². The molecule has 0 amide bonds.